The largest absolute Gasteiger partial charge is 0.370 e. The van der Waals surface area contributed by atoms with Crippen LogP contribution in [0.3, 0.4) is 0 Å². The zero-order chi connectivity index (χ0) is 13.9. The molecular formula is C15H16BrN3O. The third-order valence-electron chi connectivity index (χ3n) is 3.35. The Morgan fingerprint density at radius 3 is 3.05 bits per heavy atom. The average Bonchev–Trinajstić information content (AvgIpc) is 2.47. The number of nitrogens with zero attached hydrogens (tertiary/aromatic N) is 3. The van der Waals surface area contributed by atoms with Crippen LogP contribution in [0.1, 0.15) is 17.4 Å². The van der Waals surface area contributed by atoms with Crippen molar-refractivity contribution in [2.75, 3.05) is 24.6 Å². The van der Waals surface area contributed by atoms with Gasteiger partial charge in [-0.2, -0.15) is 0 Å². The Morgan fingerprint density at radius 1 is 1.35 bits per heavy atom. The lowest BCUT2D eigenvalue weighted by atomic mass is 10.1. The Balaban J connectivity index is 1.80. The summed E-state index contributed by atoms with van der Waals surface area (Å²) >= 11 is 3.51. The molecule has 0 amide bonds. The van der Waals surface area contributed by atoms with Gasteiger partial charge in [0.05, 0.1) is 18.5 Å². The van der Waals surface area contributed by atoms with E-state index < -0.39 is 0 Å². The maximum atomic E-state index is 5.89. The van der Waals surface area contributed by atoms with Crippen molar-refractivity contribution in [1.82, 2.24) is 9.97 Å². The molecule has 2 heterocycles. The van der Waals surface area contributed by atoms with Crippen molar-refractivity contribution >= 4 is 21.7 Å². The summed E-state index contributed by atoms with van der Waals surface area (Å²) in [5.41, 5.74) is 2.12. The van der Waals surface area contributed by atoms with E-state index in [0.717, 1.165) is 29.1 Å². The zero-order valence-electron chi connectivity index (χ0n) is 11.3. The lowest BCUT2D eigenvalue weighted by molar-refractivity contribution is 0.0394. The van der Waals surface area contributed by atoms with Crippen LogP contribution < -0.4 is 4.90 Å². The van der Waals surface area contributed by atoms with Gasteiger partial charge in [-0.25, -0.2) is 4.98 Å². The average molecular weight is 334 g/mol. The first-order chi connectivity index (χ1) is 9.72. The van der Waals surface area contributed by atoms with Crippen molar-refractivity contribution in [2.24, 2.45) is 0 Å². The zero-order valence-corrected chi connectivity index (χ0v) is 12.9. The molecule has 1 saturated heterocycles. The summed E-state index contributed by atoms with van der Waals surface area (Å²) in [5.74, 6) is 0.924. The molecule has 0 aliphatic carbocycles. The number of ether oxygens (including phenoxy) is 1. The third-order valence-corrected chi connectivity index (χ3v) is 3.85. The van der Waals surface area contributed by atoms with E-state index in [1.54, 1.807) is 6.20 Å². The molecule has 2 aromatic rings. The van der Waals surface area contributed by atoms with Gasteiger partial charge in [0.15, 0.2) is 0 Å². The van der Waals surface area contributed by atoms with Crippen LogP contribution >= 0.6 is 15.9 Å². The molecule has 1 aromatic carbocycles. The molecule has 0 saturated carbocycles. The standard InChI is InChI=1S/C15H16BrN3O/c1-11-8-17-9-15(18-11)19-5-6-20-14(10-19)12-3-2-4-13(16)7-12/h2-4,7-9,14H,5-6,10H2,1H3. The van der Waals surface area contributed by atoms with Crippen molar-refractivity contribution < 1.29 is 4.74 Å². The first-order valence-electron chi connectivity index (χ1n) is 6.63. The van der Waals surface area contributed by atoms with Gasteiger partial charge >= 0.3 is 0 Å². The van der Waals surface area contributed by atoms with Crippen LogP contribution in [0.15, 0.2) is 41.1 Å². The van der Waals surface area contributed by atoms with Gasteiger partial charge in [-0.15, -0.1) is 0 Å². The van der Waals surface area contributed by atoms with E-state index in [0.29, 0.717) is 6.61 Å². The number of morpholine rings is 1. The molecule has 4 nitrogen and oxygen atoms in total. The quantitative estimate of drug-likeness (QED) is 0.846. The van der Waals surface area contributed by atoms with E-state index in [2.05, 4.69) is 42.9 Å². The third kappa shape index (κ3) is 2.99. The lowest BCUT2D eigenvalue weighted by Gasteiger charge is -2.33. The second-order valence-corrected chi connectivity index (χ2v) is 5.79. The summed E-state index contributed by atoms with van der Waals surface area (Å²) in [4.78, 5) is 11.0. The minimum atomic E-state index is 0.0727. The van der Waals surface area contributed by atoms with Crippen molar-refractivity contribution in [2.45, 2.75) is 13.0 Å². The second kappa shape index (κ2) is 5.89. The minimum Gasteiger partial charge on any atom is -0.370 e. The van der Waals surface area contributed by atoms with Gasteiger partial charge < -0.3 is 9.64 Å². The number of hydrogen-bond donors (Lipinski definition) is 0. The fourth-order valence-electron chi connectivity index (χ4n) is 2.37. The molecule has 1 unspecified atom stereocenters. The summed E-state index contributed by atoms with van der Waals surface area (Å²) in [6.07, 6.45) is 3.66. The normalized spacial score (nSPS) is 19.1. The smallest absolute Gasteiger partial charge is 0.147 e. The van der Waals surface area contributed by atoms with Crippen LogP contribution in [0.2, 0.25) is 0 Å². The highest BCUT2D eigenvalue weighted by Gasteiger charge is 2.23. The summed E-state index contributed by atoms with van der Waals surface area (Å²) in [6, 6.07) is 8.27. The topological polar surface area (TPSA) is 38.2 Å². The highest BCUT2D eigenvalue weighted by atomic mass is 79.9. The minimum absolute atomic E-state index is 0.0727. The van der Waals surface area contributed by atoms with Crippen LogP contribution in [0.5, 0.6) is 0 Å². The molecule has 1 aromatic heterocycles. The second-order valence-electron chi connectivity index (χ2n) is 4.88. The molecule has 0 bridgehead atoms. The van der Waals surface area contributed by atoms with E-state index in [1.807, 2.05) is 25.3 Å². The van der Waals surface area contributed by atoms with Crippen molar-refractivity contribution in [1.29, 1.82) is 0 Å². The highest BCUT2D eigenvalue weighted by molar-refractivity contribution is 9.10. The molecule has 20 heavy (non-hydrogen) atoms. The SMILES string of the molecule is Cc1cncc(N2CCOC(c3cccc(Br)c3)C2)n1. The molecular weight excluding hydrogens is 318 g/mol. The summed E-state index contributed by atoms with van der Waals surface area (Å²) in [5, 5.41) is 0. The van der Waals surface area contributed by atoms with Crippen LogP contribution in [-0.2, 0) is 4.74 Å². The number of hydrogen-bond acceptors (Lipinski definition) is 4. The first kappa shape index (κ1) is 13.5. The van der Waals surface area contributed by atoms with Crippen LogP contribution in [0.25, 0.3) is 0 Å². The van der Waals surface area contributed by atoms with Gasteiger partial charge in [-0.05, 0) is 24.6 Å². The maximum absolute atomic E-state index is 5.89. The Kier molecular flexibility index (Phi) is 3.98. The van der Waals surface area contributed by atoms with E-state index in [9.17, 15) is 0 Å². The Labute approximate surface area is 126 Å². The Hall–Kier alpha value is -1.46. The molecule has 1 fully saturated rings. The molecule has 1 aliphatic rings. The maximum Gasteiger partial charge on any atom is 0.147 e. The van der Waals surface area contributed by atoms with Crippen LogP contribution in [0, 0.1) is 6.92 Å². The summed E-state index contributed by atoms with van der Waals surface area (Å²) in [6.45, 7) is 4.31. The first-order valence-corrected chi connectivity index (χ1v) is 7.42. The molecule has 5 heteroatoms. The highest BCUT2D eigenvalue weighted by Crippen LogP contribution is 2.26. The number of aromatic nitrogens is 2. The number of anilines is 1. The van der Waals surface area contributed by atoms with E-state index in [1.165, 1.54) is 5.56 Å². The molecule has 0 N–H and O–H groups in total. The molecule has 1 aliphatic heterocycles. The molecule has 1 atom stereocenters. The van der Waals surface area contributed by atoms with Gasteiger partial charge in [0.1, 0.15) is 11.9 Å². The van der Waals surface area contributed by atoms with E-state index in [-0.39, 0.29) is 6.10 Å². The molecule has 0 radical (unpaired) electrons. The summed E-state index contributed by atoms with van der Waals surface area (Å²) < 4.78 is 6.97. The predicted molar refractivity (Wildman–Crippen MR) is 81.8 cm³/mol. The fourth-order valence-corrected chi connectivity index (χ4v) is 2.79. The van der Waals surface area contributed by atoms with Gasteiger partial charge in [0, 0.05) is 23.8 Å². The van der Waals surface area contributed by atoms with Crippen LogP contribution in [0.4, 0.5) is 5.82 Å². The van der Waals surface area contributed by atoms with Gasteiger partial charge in [-0.3, -0.25) is 4.98 Å². The number of aryl methyl sites for hydroxylation is 1. The van der Waals surface area contributed by atoms with Gasteiger partial charge in [-0.1, -0.05) is 28.1 Å². The predicted octanol–water partition coefficient (Wildman–Crippen LogP) is 3.13. The monoisotopic (exact) mass is 333 g/mol. The van der Waals surface area contributed by atoms with E-state index in [4.69, 9.17) is 4.74 Å². The summed E-state index contributed by atoms with van der Waals surface area (Å²) in [7, 11) is 0. The van der Waals surface area contributed by atoms with Crippen molar-refractivity contribution in [3.63, 3.8) is 0 Å². The molecule has 104 valence electrons. The van der Waals surface area contributed by atoms with Crippen molar-refractivity contribution in [3.05, 3.63) is 52.4 Å². The molecule has 0 spiro atoms. The lowest BCUT2D eigenvalue weighted by Crippen LogP contribution is -2.39. The van der Waals surface area contributed by atoms with Gasteiger partial charge in [0.2, 0.25) is 0 Å². The number of rotatable bonds is 2. The fraction of sp³-hybridized carbons (Fsp3) is 0.333. The van der Waals surface area contributed by atoms with E-state index >= 15 is 0 Å². The van der Waals surface area contributed by atoms with Crippen molar-refractivity contribution in [3.8, 4) is 0 Å². The number of benzene rings is 1. The number of halogens is 1. The Bertz CT molecular complexity index is 554. The molecule has 3 rings (SSSR count). The van der Waals surface area contributed by atoms with Gasteiger partial charge in [0.25, 0.3) is 0 Å². The Morgan fingerprint density at radius 2 is 2.25 bits per heavy atom. The van der Waals surface area contributed by atoms with Crippen LogP contribution in [-0.4, -0.2) is 29.7 Å².